The van der Waals surface area contributed by atoms with Gasteiger partial charge >= 0.3 is 5.63 Å². The third-order valence-corrected chi connectivity index (χ3v) is 6.80. The third kappa shape index (κ3) is 3.85. The van der Waals surface area contributed by atoms with Crippen molar-refractivity contribution in [3.05, 3.63) is 92.0 Å². The Morgan fingerprint density at radius 3 is 2.42 bits per heavy atom. The van der Waals surface area contributed by atoms with Crippen LogP contribution in [-0.2, 0) is 7.05 Å². The Balaban J connectivity index is 1.92. The number of rotatable bonds is 5. The number of hydrogen-bond acceptors (Lipinski definition) is 7. The van der Waals surface area contributed by atoms with E-state index >= 15 is 0 Å². The van der Waals surface area contributed by atoms with Crippen molar-refractivity contribution >= 4 is 32.8 Å². The van der Waals surface area contributed by atoms with E-state index in [9.17, 15) is 19.8 Å². The number of nitrogens with zero attached hydrogens (tertiary/aromatic N) is 1. The van der Waals surface area contributed by atoms with Crippen LogP contribution >= 0.6 is 0 Å². The second-order valence-electron chi connectivity index (χ2n) is 9.40. The fourth-order valence-electron chi connectivity index (χ4n) is 5.12. The van der Waals surface area contributed by atoms with Gasteiger partial charge < -0.3 is 28.7 Å². The number of fused-ring (bicyclic) bond motifs is 3. The van der Waals surface area contributed by atoms with Crippen LogP contribution in [0.3, 0.4) is 0 Å². The Kier molecular flexibility index (Phi) is 6.11. The lowest BCUT2D eigenvalue weighted by Crippen LogP contribution is -2.12. The summed E-state index contributed by atoms with van der Waals surface area (Å²) in [5.41, 5.74) is 2.26. The smallest absolute Gasteiger partial charge is 0.336 e. The predicted octanol–water partition coefficient (Wildman–Crippen LogP) is 5.32. The molecule has 2 N–H and O–H groups in total. The van der Waals surface area contributed by atoms with Gasteiger partial charge in [-0.2, -0.15) is 0 Å². The van der Waals surface area contributed by atoms with Crippen LogP contribution in [0, 0.1) is 0 Å². The standard InChI is InChI=1S/C30H27NO7/c1-15(2)11-19(18-12-16-9-10-25(33)38-22(16)14-23(18)36-4)26-24(37-5)13-20-27(30(26)35)29(34)17-7-6-8-21(32)28(17)31(20)3/h6-14,19,32,35H,1-5H3/t19-/m0/s1. The van der Waals surface area contributed by atoms with Gasteiger partial charge in [-0.25, -0.2) is 4.79 Å². The van der Waals surface area contributed by atoms with E-state index in [4.69, 9.17) is 13.9 Å². The lowest BCUT2D eigenvalue weighted by atomic mass is 9.86. The molecule has 0 aliphatic carbocycles. The molecule has 5 aromatic rings. The summed E-state index contributed by atoms with van der Waals surface area (Å²) < 4.78 is 18.5. The van der Waals surface area contributed by atoms with Gasteiger partial charge in [-0.05, 0) is 38.1 Å². The molecule has 0 radical (unpaired) electrons. The molecule has 0 saturated carbocycles. The number of benzene rings is 3. The van der Waals surface area contributed by atoms with Gasteiger partial charge in [0.25, 0.3) is 0 Å². The summed E-state index contributed by atoms with van der Waals surface area (Å²) in [6, 6.07) is 12.9. The Hall–Kier alpha value is -4.72. The fraction of sp³-hybridized carbons (Fsp3) is 0.200. The molecule has 8 heteroatoms. The summed E-state index contributed by atoms with van der Waals surface area (Å²) in [6.07, 6.45) is 1.95. The zero-order chi connectivity index (χ0) is 27.3. The Morgan fingerprint density at radius 1 is 1.00 bits per heavy atom. The highest BCUT2D eigenvalue weighted by Crippen LogP contribution is 2.46. The second kappa shape index (κ2) is 9.30. The zero-order valence-corrected chi connectivity index (χ0v) is 21.7. The van der Waals surface area contributed by atoms with E-state index in [0.717, 1.165) is 5.57 Å². The third-order valence-electron chi connectivity index (χ3n) is 6.80. The molecule has 0 aliphatic rings. The molecule has 0 saturated heterocycles. The van der Waals surface area contributed by atoms with E-state index in [1.54, 1.807) is 41.9 Å². The Labute approximate surface area is 217 Å². The molecule has 3 aromatic carbocycles. The SMILES string of the molecule is COc1cc2oc(=O)ccc2cc1[C@H](C=C(C)C)c1c(OC)cc2c(c1O)c(=O)c1cccc(O)c1n2C. The van der Waals surface area contributed by atoms with Gasteiger partial charge in [-0.15, -0.1) is 0 Å². The summed E-state index contributed by atoms with van der Waals surface area (Å²) in [7, 11) is 4.72. The highest BCUT2D eigenvalue weighted by atomic mass is 16.5. The van der Waals surface area contributed by atoms with E-state index in [-0.39, 0.29) is 22.3 Å². The first-order chi connectivity index (χ1) is 18.2. The van der Waals surface area contributed by atoms with Crippen molar-refractivity contribution in [1.29, 1.82) is 0 Å². The average Bonchev–Trinajstić information content (AvgIpc) is 2.89. The lowest BCUT2D eigenvalue weighted by Gasteiger charge is -2.23. The van der Waals surface area contributed by atoms with Gasteiger partial charge in [0.2, 0.25) is 5.43 Å². The van der Waals surface area contributed by atoms with Crippen LogP contribution < -0.4 is 20.5 Å². The number of aromatic nitrogens is 1. The molecule has 2 aromatic heterocycles. The topological polar surface area (TPSA) is 111 Å². The minimum Gasteiger partial charge on any atom is -0.507 e. The monoisotopic (exact) mass is 513 g/mol. The van der Waals surface area contributed by atoms with Gasteiger partial charge in [0.15, 0.2) is 0 Å². The number of phenols is 2. The molecule has 8 nitrogen and oxygen atoms in total. The lowest BCUT2D eigenvalue weighted by molar-refractivity contribution is 0.396. The van der Waals surface area contributed by atoms with E-state index in [0.29, 0.717) is 44.6 Å². The minimum absolute atomic E-state index is 0.0403. The van der Waals surface area contributed by atoms with Crippen molar-refractivity contribution in [2.45, 2.75) is 19.8 Å². The maximum absolute atomic E-state index is 13.7. The number of hydrogen-bond donors (Lipinski definition) is 2. The second-order valence-corrected chi connectivity index (χ2v) is 9.40. The molecule has 0 unspecified atom stereocenters. The Morgan fingerprint density at radius 2 is 1.74 bits per heavy atom. The van der Waals surface area contributed by atoms with Gasteiger partial charge in [0, 0.05) is 47.7 Å². The minimum atomic E-state index is -0.588. The first-order valence-electron chi connectivity index (χ1n) is 12.0. The average molecular weight is 514 g/mol. The molecule has 0 fully saturated rings. The summed E-state index contributed by atoms with van der Waals surface area (Å²) in [6.45, 7) is 3.86. The number of ether oxygens (including phenoxy) is 2. The Bertz CT molecular complexity index is 1890. The van der Waals surface area contributed by atoms with Gasteiger partial charge in [0.05, 0.1) is 36.0 Å². The van der Waals surface area contributed by atoms with Gasteiger partial charge in [0.1, 0.15) is 28.6 Å². The zero-order valence-electron chi connectivity index (χ0n) is 21.7. The van der Waals surface area contributed by atoms with Crippen molar-refractivity contribution in [3.63, 3.8) is 0 Å². The molecule has 0 amide bonds. The van der Waals surface area contributed by atoms with E-state index in [1.165, 1.54) is 26.4 Å². The fourth-order valence-corrected chi connectivity index (χ4v) is 5.12. The van der Waals surface area contributed by atoms with E-state index < -0.39 is 17.0 Å². The summed E-state index contributed by atoms with van der Waals surface area (Å²) in [4.78, 5) is 25.5. The number of phenolic OH excluding ortho intramolecular Hbond substituents is 2. The van der Waals surface area contributed by atoms with Crippen LogP contribution in [0.4, 0.5) is 0 Å². The van der Waals surface area contributed by atoms with Gasteiger partial charge in [-0.1, -0.05) is 17.7 Å². The first-order valence-corrected chi connectivity index (χ1v) is 12.0. The molecule has 0 bridgehead atoms. The molecule has 2 heterocycles. The number of allylic oxidation sites excluding steroid dienone is 2. The highest BCUT2D eigenvalue weighted by Gasteiger charge is 2.28. The highest BCUT2D eigenvalue weighted by molar-refractivity contribution is 6.00. The summed E-state index contributed by atoms with van der Waals surface area (Å²) in [5.74, 6) is -0.0672. The van der Waals surface area contributed by atoms with Crippen LogP contribution in [0.2, 0.25) is 0 Å². The summed E-state index contributed by atoms with van der Waals surface area (Å²) >= 11 is 0. The molecule has 1 atom stereocenters. The predicted molar refractivity (Wildman–Crippen MR) is 147 cm³/mol. The molecule has 0 aliphatic heterocycles. The first kappa shape index (κ1) is 25.0. The van der Waals surface area contributed by atoms with Crippen LogP contribution in [0.1, 0.15) is 30.9 Å². The van der Waals surface area contributed by atoms with Crippen LogP contribution in [0.25, 0.3) is 32.8 Å². The van der Waals surface area contributed by atoms with E-state index in [1.807, 2.05) is 26.0 Å². The van der Waals surface area contributed by atoms with Crippen LogP contribution in [0.15, 0.2) is 74.2 Å². The number of aryl methyl sites for hydroxylation is 1. The quantitative estimate of drug-likeness (QED) is 0.186. The van der Waals surface area contributed by atoms with Crippen molar-refractivity contribution in [1.82, 2.24) is 4.57 Å². The molecular formula is C30H27NO7. The maximum atomic E-state index is 13.7. The van der Waals surface area contributed by atoms with Crippen molar-refractivity contribution < 1.29 is 24.1 Å². The van der Waals surface area contributed by atoms with Crippen molar-refractivity contribution in [3.8, 4) is 23.0 Å². The molecule has 194 valence electrons. The number of aromatic hydroxyl groups is 2. The summed E-state index contributed by atoms with van der Waals surface area (Å²) in [5, 5.41) is 23.3. The van der Waals surface area contributed by atoms with Crippen molar-refractivity contribution in [2.24, 2.45) is 7.05 Å². The number of methoxy groups -OCH3 is 2. The van der Waals surface area contributed by atoms with Gasteiger partial charge in [-0.3, -0.25) is 4.79 Å². The van der Waals surface area contributed by atoms with Crippen LogP contribution in [-0.4, -0.2) is 29.0 Å². The van der Waals surface area contributed by atoms with Crippen LogP contribution in [0.5, 0.6) is 23.0 Å². The molecule has 38 heavy (non-hydrogen) atoms. The maximum Gasteiger partial charge on any atom is 0.336 e. The molecule has 0 spiro atoms. The largest absolute Gasteiger partial charge is 0.507 e. The van der Waals surface area contributed by atoms with Crippen molar-refractivity contribution in [2.75, 3.05) is 14.2 Å². The molecular weight excluding hydrogens is 486 g/mol. The normalized spacial score (nSPS) is 12.1. The molecule has 5 rings (SSSR count). The number of pyridine rings is 1. The van der Waals surface area contributed by atoms with E-state index in [2.05, 4.69) is 0 Å². The number of para-hydroxylation sites is 1.